The summed E-state index contributed by atoms with van der Waals surface area (Å²) < 4.78 is 41.5. The molecule has 166 valence electrons. The Morgan fingerprint density at radius 2 is 1.90 bits per heavy atom. The number of likely N-dealkylation sites (tertiary alicyclic amines) is 1. The average Bonchev–Trinajstić information content (AvgIpc) is 2.78. The number of amides is 1. The third kappa shape index (κ3) is 4.54. The molecule has 2 fully saturated rings. The van der Waals surface area contributed by atoms with Gasteiger partial charge in [0.05, 0.1) is 11.2 Å². The van der Waals surface area contributed by atoms with E-state index >= 15 is 0 Å². The molecule has 2 aromatic rings. The largest absolute Gasteiger partial charge is 0.468 e. The first-order valence-corrected chi connectivity index (χ1v) is 10.5. The summed E-state index contributed by atoms with van der Waals surface area (Å²) in [6, 6.07) is 12.2. The van der Waals surface area contributed by atoms with Crippen LogP contribution in [0.15, 0.2) is 48.7 Å². The molecule has 2 aliphatic rings. The second-order valence-electron chi connectivity index (χ2n) is 8.29. The van der Waals surface area contributed by atoms with E-state index in [0.717, 1.165) is 31.2 Å². The third-order valence-electron chi connectivity index (χ3n) is 6.38. The van der Waals surface area contributed by atoms with Gasteiger partial charge in [0.1, 0.15) is 0 Å². The summed E-state index contributed by atoms with van der Waals surface area (Å²) in [4.78, 5) is 18.9. The van der Waals surface area contributed by atoms with Crippen LogP contribution in [-0.4, -0.2) is 46.3 Å². The van der Waals surface area contributed by atoms with Gasteiger partial charge in [0.2, 0.25) is 5.88 Å². The predicted molar refractivity (Wildman–Crippen MR) is 108 cm³/mol. The van der Waals surface area contributed by atoms with Crippen LogP contribution in [0.3, 0.4) is 0 Å². The van der Waals surface area contributed by atoms with Gasteiger partial charge in [-0.25, -0.2) is 4.98 Å². The lowest BCUT2D eigenvalue weighted by molar-refractivity contribution is -0.154. The number of hydrogen-bond donors (Lipinski definition) is 1. The van der Waals surface area contributed by atoms with E-state index in [-0.39, 0.29) is 23.7 Å². The Morgan fingerprint density at radius 3 is 2.58 bits per heavy atom. The van der Waals surface area contributed by atoms with Gasteiger partial charge < -0.3 is 14.7 Å². The molecule has 0 radical (unpaired) electrons. The number of fused-ring (bicyclic) bond motifs is 1. The average molecular weight is 434 g/mol. The Kier molecular flexibility index (Phi) is 5.92. The van der Waals surface area contributed by atoms with Gasteiger partial charge in [0.15, 0.2) is 6.61 Å². The summed E-state index contributed by atoms with van der Waals surface area (Å²) in [6.45, 7) is -1.03. The Labute approximate surface area is 178 Å². The van der Waals surface area contributed by atoms with Crippen molar-refractivity contribution in [1.29, 1.82) is 0 Å². The van der Waals surface area contributed by atoms with Crippen LogP contribution in [0.5, 0.6) is 5.88 Å². The first-order valence-electron chi connectivity index (χ1n) is 10.5. The summed E-state index contributed by atoms with van der Waals surface area (Å²) in [7, 11) is 0. The minimum absolute atomic E-state index is 0.0660. The number of halogens is 3. The number of pyridine rings is 1. The van der Waals surface area contributed by atoms with Gasteiger partial charge in [0.25, 0.3) is 5.91 Å². The predicted octanol–water partition coefficient (Wildman–Crippen LogP) is 4.32. The molecular weight excluding hydrogens is 409 g/mol. The highest BCUT2D eigenvalue weighted by Crippen LogP contribution is 2.47. The van der Waals surface area contributed by atoms with Crippen molar-refractivity contribution in [1.82, 2.24) is 9.88 Å². The van der Waals surface area contributed by atoms with Gasteiger partial charge in [-0.3, -0.25) is 4.79 Å². The Balaban J connectivity index is 1.52. The zero-order valence-corrected chi connectivity index (χ0v) is 17.0. The molecule has 1 aromatic heterocycles. The molecule has 0 spiro atoms. The van der Waals surface area contributed by atoms with E-state index in [4.69, 9.17) is 0 Å². The number of ether oxygens (including phenoxy) is 1. The molecule has 1 unspecified atom stereocenters. The van der Waals surface area contributed by atoms with E-state index in [1.165, 1.54) is 18.3 Å². The molecule has 1 N–H and O–H groups in total. The summed E-state index contributed by atoms with van der Waals surface area (Å²) in [6.07, 6.45) is 0.876. The quantitative estimate of drug-likeness (QED) is 0.779. The van der Waals surface area contributed by atoms with Crippen molar-refractivity contribution in [2.75, 3.05) is 13.2 Å². The van der Waals surface area contributed by atoms with Gasteiger partial charge in [0, 0.05) is 30.8 Å². The van der Waals surface area contributed by atoms with Gasteiger partial charge >= 0.3 is 6.18 Å². The van der Waals surface area contributed by atoms with Crippen molar-refractivity contribution >= 4 is 5.91 Å². The first kappa shape index (κ1) is 21.6. The standard InChI is InChI=1S/C23H25F3N2O3/c24-23(25,26)15-31-20-11-10-16(14-27-20)21(29)28-13-12-22(30,17-6-2-1-3-7-17)18-8-4-5-9-19(18)28/h1-3,6-7,10-11,14,18-19,30H,4-5,8-9,12-13,15H2/t18-,19+,22?/m0/s1. The molecule has 1 aliphatic heterocycles. The molecule has 3 atom stereocenters. The van der Waals surface area contributed by atoms with Crippen LogP contribution in [0.25, 0.3) is 0 Å². The van der Waals surface area contributed by atoms with Gasteiger partial charge in [-0.1, -0.05) is 43.2 Å². The molecule has 1 saturated heterocycles. The van der Waals surface area contributed by atoms with E-state index in [0.29, 0.717) is 18.5 Å². The maximum absolute atomic E-state index is 13.2. The zero-order valence-electron chi connectivity index (χ0n) is 17.0. The molecule has 1 saturated carbocycles. The Bertz CT molecular complexity index is 905. The molecule has 1 aromatic carbocycles. The second kappa shape index (κ2) is 8.49. The number of aliphatic hydroxyl groups is 1. The SMILES string of the molecule is O=C(c1ccc(OCC(F)(F)F)nc1)N1CCC(O)(c2ccccc2)[C@H]2CCCC[C@H]21. The van der Waals surface area contributed by atoms with Crippen LogP contribution in [-0.2, 0) is 5.60 Å². The van der Waals surface area contributed by atoms with Crippen LogP contribution in [0, 0.1) is 5.92 Å². The number of piperidine rings is 1. The fraction of sp³-hybridized carbons (Fsp3) is 0.478. The molecule has 8 heteroatoms. The van der Waals surface area contributed by atoms with Gasteiger partial charge in [-0.2, -0.15) is 13.2 Å². The van der Waals surface area contributed by atoms with Crippen molar-refractivity contribution in [2.24, 2.45) is 5.92 Å². The molecule has 1 aliphatic carbocycles. The maximum Gasteiger partial charge on any atom is 0.422 e. The summed E-state index contributed by atoms with van der Waals surface area (Å²) in [5.41, 5.74) is 0.206. The lowest BCUT2D eigenvalue weighted by atomic mass is 9.66. The lowest BCUT2D eigenvalue weighted by Gasteiger charge is -2.52. The molecule has 2 heterocycles. The zero-order chi connectivity index (χ0) is 22.1. The molecule has 31 heavy (non-hydrogen) atoms. The number of rotatable bonds is 4. The van der Waals surface area contributed by atoms with Crippen LogP contribution in [0.1, 0.15) is 48.0 Å². The van der Waals surface area contributed by atoms with Crippen molar-refractivity contribution in [2.45, 2.75) is 49.9 Å². The lowest BCUT2D eigenvalue weighted by Crippen LogP contribution is -2.59. The second-order valence-corrected chi connectivity index (χ2v) is 8.29. The number of nitrogens with zero attached hydrogens (tertiary/aromatic N) is 2. The maximum atomic E-state index is 13.2. The number of benzene rings is 1. The molecular formula is C23H25F3N2O3. The number of carbonyl (C=O) groups excluding carboxylic acids is 1. The van der Waals surface area contributed by atoms with E-state index in [9.17, 15) is 23.1 Å². The number of hydrogen-bond acceptors (Lipinski definition) is 4. The summed E-state index contributed by atoms with van der Waals surface area (Å²) in [5, 5.41) is 11.6. The molecule has 4 rings (SSSR count). The van der Waals surface area contributed by atoms with E-state index in [1.807, 2.05) is 30.3 Å². The van der Waals surface area contributed by atoms with E-state index in [2.05, 4.69) is 9.72 Å². The highest BCUT2D eigenvalue weighted by molar-refractivity contribution is 5.94. The fourth-order valence-corrected chi connectivity index (χ4v) is 4.93. The van der Waals surface area contributed by atoms with E-state index < -0.39 is 18.4 Å². The van der Waals surface area contributed by atoms with Crippen LogP contribution >= 0.6 is 0 Å². The summed E-state index contributed by atoms with van der Waals surface area (Å²) in [5.74, 6) is -0.466. The van der Waals surface area contributed by atoms with Crippen molar-refractivity contribution in [3.63, 3.8) is 0 Å². The molecule has 1 amide bonds. The topological polar surface area (TPSA) is 62.7 Å². The monoisotopic (exact) mass is 434 g/mol. The smallest absolute Gasteiger partial charge is 0.422 e. The molecule has 5 nitrogen and oxygen atoms in total. The van der Waals surface area contributed by atoms with E-state index in [1.54, 1.807) is 4.90 Å². The third-order valence-corrected chi connectivity index (χ3v) is 6.38. The van der Waals surface area contributed by atoms with Crippen molar-refractivity contribution in [3.05, 3.63) is 59.8 Å². The number of carbonyl (C=O) groups is 1. The number of aromatic nitrogens is 1. The summed E-state index contributed by atoms with van der Waals surface area (Å²) >= 11 is 0. The van der Waals surface area contributed by atoms with Crippen LogP contribution in [0.4, 0.5) is 13.2 Å². The van der Waals surface area contributed by atoms with Crippen molar-refractivity contribution in [3.8, 4) is 5.88 Å². The first-order chi connectivity index (χ1) is 14.8. The molecule has 0 bridgehead atoms. The minimum Gasteiger partial charge on any atom is -0.468 e. The Hall–Kier alpha value is -2.61. The highest BCUT2D eigenvalue weighted by Gasteiger charge is 2.50. The minimum atomic E-state index is -4.45. The van der Waals surface area contributed by atoms with Gasteiger partial charge in [-0.15, -0.1) is 0 Å². The van der Waals surface area contributed by atoms with Crippen molar-refractivity contribution < 1.29 is 27.8 Å². The van der Waals surface area contributed by atoms with Crippen LogP contribution < -0.4 is 4.74 Å². The highest BCUT2D eigenvalue weighted by atomic mass is 19.4. The Morgan fingerprint density at radius 1 is 1.16 bits per heavy atom. The fourth-order valence-electron chi connectivity index (χ4n) is 4.93. The van der Waals surface area contributed by atoms with Gasteiger partial charge in [-0.05, 0) is 30.9 Å². The van der Waals surface area contributed by atoms with Crippen LogP contribution in [0.2, 0.25) is 0 Å². The normalized spacial score (nSPS) is 26.3. The number of alkyl halides is 3.